The van der Waals surface area contributed by atoms with Gasteiger partial charge in [-0.3, -0.25) is 0 Å². The Labute approximate surface area is 268 Å². The lowest BCUT2D eigenvalue weighted by Gasteiger charge is -2.27. The van der Waals surface area contributed by atoms with Crippen molar-refractivity contribution in [1.29, 1.82) is 0 Å². The summed E-state index contributed by atoms with van der Waals surface area (Å²) in [7, 11) is 0. The molecule has 2 heterocycles. The van der Waals surface area contributed by atoms with Crippen LogP contribution < -0.4 is 4.90 Å². The first-order chi connectivity index (χ1) is 21.9. The zero-order valence-corrected chi connectivity index (χ0v) is 27.0. The molecule has 0 fully saturated rings. The van der Waals surface area contributed by atoms with E-state index in [4.69, 9.17) is 0 Å². The highest BCUT2D eigenvalue weighted by Crippen LogP contribution is 2.45. The quantitative estimate of drug-likeness (QED) is 0.191. The summed E-state index contributed by atoms with van der Waals surface area (Å²) in [4.78, 5) is 2.45. The molecule has 0 saturated carbocycles. The summed E-state index contributed by atoms with van der Waals surface area (Å²) in [5.41, 5.74) is 9.85. The van der Waals surface area contributed by atoms with Crippen LogP contribution in [0.5, 0.6) is 0 Å². The SMILES string of the molecule is CCc1cccc(N(c2cccc(-c3ccc4c(c3)c3ccccc3n4C(C)(C)C)c2)c2cccc3c2sc2ccccc23)c1. The molecule has 0 atom stereocenters. The van der Waals surface area contributed by atoms with Gasteiger partial charge in [0.15, 0.2) is 0 Å². The van der Waals surface area contributed by atoms with Gasteiger partial charge in [0, 0.05) is 54.2 Å². The van der Waals surface area contributed by atoms with Crippen molar-refractivity contribution in [2.75, 3.05) is 4.90 Å². The lowest BCUT2D eigenvalue weighted by Crippen LogP contribution is -2.21. The van der Waals surface area contributed by atoms with E-state index in [9.17, 15) is 0 Å². The normalized spacial score (nSPS) is 12.1. The van der Waals surface area contributed by atoms with E-state index in [0.717, 1.165) is 12.1 Å². The zero-order valence-electron chi connectivity index (χ0n) is 26.2. The van der Waals surface area contributed by atoms with Gasteiger partial charge in [0.1, 0.15) is 0 Å². The summed E-state index contributed by atoms with van der Waals surface area (Å²) < 4.78 is 5.10. The summed E-state index contributed by atoms with van der Waals surface area (Å²) in [5.74, 6) is 0. The predicted octanol–water partition coefficient (Wildman–Crippen LogP) is 12.6. The average Bonchev–Trinajstić information content (AvgIpc) is 3.61. The van der Waals surface area contributed by atoms with Crippen LogP contribution in [0.1, 0.15) is 33.3 Å². The number of hydrogen-bond donors (Lipinski definition) is 0. The molecule has 0 N–H and O–H groups in total. The third-order valence-electron chi connectivity index (χ3n) is 8.98. The van der Waals surface area contributed by atoms with Gasteiger partial charge in [-0.05, 0) is 98.5 Å². The first-order valence-electron chi connectivity index (χ1n) is 15.8. The lowest BCUT2D eigenvalue weighted by molar-refractivity contribution is 0.423. The highest BCUT2D eigenvalue weighted by molar-refractivity contribution is 7.26. The van der Waals surface area contributed by atoms with Crippen molar-refractivity contribution in [2.45, 2.75) is 39.7 Å². The average molecular weight is 601 g/mol. The van der Waals surface area contributed by atoms with Crippen LogP contribution in [-0.4, -0.2) is 4.57 Å². The van der Waals surface area contributed by atoms with Crippen molar-refractivity contribution in [3.63, 3.8) is 0 Å². The Hall–Kier alpha value is -4.86. The Bertz CT molecular complexity index is 2370. The molecule has 0 bridgehead atoms. The molecule has 220 valence electrons. The van der Waals surface area contributed by atoms with E-state index >= 15 is 0 Å². The van der Waals surface area contributed by atoms with Crippen LogP contribution in [0.25, 0.3) is 53.1 Å². The van der Waals surface area contributed by atoms with Crippen LogP contribution in [0.3, 0.4) is 0 Å². The Morgan fingerprint density at radius 1 is 0.578 bits per heavy atom. The molecule has 0 aliphatic heterocycles. The van der Waals surface area contributed by atoms with Gasteiger partial charge in [0.05, 0.1) is 10.4 Å². The number of hydrogen-bond acceptors (Lipinski definition) is 2. The van der Waals surface area contributed by atoms with Gasteiger partial charge in [0.2, 0.25) is 0 Å². The second kappa shape index (κ2) is 10.6. The predicted molar refractivity (Wildman–Crippen MR) is 197 cm³/mol. The first kappa shape index (κ1) is 27.7. The fourth-order valence-electron chi connectivity index (χ4n) is 6.95. The van der Waals surface area contributed by atoms with Gasteiger partial charge in [-0.15, -0.1) is 11.3 Å². The fraction of sp³-hybridized carbons (Fsp3) is 0.143. The highest BCUT2D eigenvalue weighted by atomic mass is 32.1. The molecule has 45 heavy (non-hydrogen) atoms. The molecule has 0 radical (unpaired) electrons. The van der Waals surface area contributed by atoms with Crippen LogP contribution in [0.2, 0.25) is 0 Å². The number of aromatic nitrogens is 1. The summed E-state index contributed by atoms with van der Waals surface area (Å²) in [6.45, 7) is 9.09. The van der Waals surface area contributed by atoms with Crippen LogP contribution >= 0.6 is 11.3 Å². The van der Waals surface area contributed by atoms with Crippen LogP contribution in [0.15, 0.2) is 133 Å². The maximum Gasteiger partial charge on any atom is 0.0640 e. The third-order valence-corrected chi connectivity index (χ3v) is 10.2. The maximum absolute atomic E-state index is 2.48. The molecule has 2 nitrogen and oxygen atoms in total. The largest absolute Gasteiger partial charge is 0.335 e. The van der Waals surface area contributed by atoms with Crippen molar-refractivity contribution >= 4 is 70.4 Å². The van der Waals surface area contributed by atoms with Crippen molar-refractivity contribution in [2.24, 2.45) is 0 Å². The molecule has 2 aromatic heterocycles. The summed E-state index contributed by atoms with van der Waals surface area (Å²) in [6, 6.07) is 49.3. The molecule has 0 unspecified atom stereocenters. The van der Waals surface area contributed by atoms with E-state index in [1.165, 1.54) is 70.0 Å². The number of thiophene rings is 1. The van der Waals surface area contributed by atoms with Crippen molar-refractivity contribution in [3.8, 4) is 11.1 Å². The molecular formula is C42H36N2S. The van der Waals surface area contributed by atoms with E-state index < -0.39 is 0 Å². The maximum atomic E-state index is 2.48. The Morgan fingerprint density at radius 3 is 2.07 bits per heavy atom. The Morgan fingerprint density at radius 2 is 1.24 bits per heavy atom. The molecule has 0 saturated heterocycles. The zero-order chi connectivity index (χ0) is 30.7. The van der Waals surface area contributed by atoms with E-state index in [1.807, 2.05) is 11.3 Å². The monoisotopic (exact) mass is 600 g/mol. The molecular weight excluding hydrogens is 565 g/mol. The number of para-hydroxylation sites is 1. The highest BCUT2D eigenvalue weighted by Gasteiger charge is 2.22. The Balaban J connectivity index is 1.33. The van der Waals surface area contributed by atoms with Gasteiger partial charge in [0.25, 0.3) is 0 Å². The van der Waals surface area contributed by atoms with E-state index in [0.29, 0.717) is 0 Å². The second-order valence-electron chi connectivity index (χ2n) is 12.9. The van der Waals surface area contributed by atoms with E-state index in [-0.39, 0.29) is 5.54 Å². The third kappa shape index (κ3) is 4.62. The molecule has 0 aliphatic carbocycles. The molecule has 0 spiro atoms. The van der Waals surface area contributed by atoms with Crippen LogP contribution in [0.4, 0.5) is 17.1 Å². The van der Waals surface area contributed by atoms with Gasteiger partial charge >= 0.3 is 0 Å². The molecule has 3 heteroatoms. The lowest BCUT2D eigenvalue weighted by atomic mass is 10.0. The minimum atomic E-state index is -0.0239. The minimum absolute atomic E-state index is 0.0239. The molecule has 8 aromatic rings. The standard InChI is InChI=1S/C42H36N2S/c1-5-28-13-10-15-31(25-28)43(39-21-12-19-35-34-18-7-9-22-40(34)45-41(35)39)32-16-11-14-29(26-32)30-23-24-38-36(27-30)33-17-6-8-20-37(33)44(38)42(2,3)4/h6-27H,5H2,1-4H3. The summed E-state index contributed by atoms with van der Waals surface area (Å²) in [6.07, 6.45) is 0.997. The number of benzene rings is 6. The Kier molecular flexibility index (Phi) is 6.54. The van der Waals surface area contributed by atoms with Crippen LogP contribution in [0, 0.1) is 0 Å². The minimum Gasteiger partial charge on any atom is -0.335 e. The van der Waals surface area contributed by atoms with Gasteiger partial charge in [-0.25, -0.2) is 0 Å². The van der Waals surface area contributed by atoms with Crippen molar-refractivity contribution < 1.29 is 0 Å². The van der Waals surface area contributed by atoms with E-state index in [1.54, 1.807) is 0 Å². The molecule has 6 aromatic carbocycles. The number of aryl methyl sites for hydroxylation is 1. The van der Waals surface area contributed by atoms with Gasteiger partial charge in [-0.2, -0.15) is 0 Å². The fourth-order valence-corrected chi connectivity index (χ4v) is 8.16. The van der Waals surface area contributed by atoms with Gasteiger partial charge < -0.3 is 9.47 Å². The summed E-state index contributed by atoms with van der Waals surface area (Å²) in [5, 5.41) is 5.22. The number of rotatable bonds is 5. The smallest absolute Gasteiger partial charge is 0.0640 e. The molecule has 0 amide bonds. The topological polar surface area (TPSA) is 8.17 Å². The number of anilines is 3. The molecule has 8 rings (SSSR count). The first-order valence-corrected chi connectivity index (χ1v) is 16.7. The number of nitrogens with zero attached hydrogens (tertiary/aromatic N) is 2. The van der Waals surface area contributed by atoms with Crippen molar-refractivity contribution in [3.05, 3.63) is 139 Å². The summed E-state index contributed by atoms with van der Waals surface area (Å²) >= 11 is 1.88. The second-order valence-corrected chi connectivity index (χ2v) is 14.0. The van der Waals surface area contributed by atoms with Gasteiger partial charge in [-0.1, -0.05) is 85.8 Å². The van der Waals surface area contributed by atoms with Crippen molar-refractivity contribution in [1.82, 2.24) is 4.57 Å². The number of fused-ring (bicyclic) bond motifs is 6. The molecule has 0 aliphatic rings. The van der Waals surface area contributed by atoms with E-state index in [2.05, 4.69) is 171 Å². The van der Waals surface area contributed by atoms with Crippen LogP contribution in [-0.2, 0) is 12.0 Å².